The van der Waals surface area contributed by atoms with Gasteiger partial charge in [-0.05, 0) is 66.5 Å². The summed E-state index contributed by atoms with van der Waals surface area (Å²) in [5, 5.41) is 3.83. The maximum Gasteiger partial charge on any atom is 0.123 e. The van der Waals surface area contributed by atoms with E-state index < -0.39 is 0 Å². The van der Waals surface area contributed by atoms with Crippen LogP contribution in [0.1, 0.15) is 53.6 Å². The van der Waals surface area contributed by atoms with Crippen molar-refractivity contribution in [1.82, 2.24) is 5.32 Å². The number of aryl methyl sites for hydroxylation is 2. The Kier molecular flexibility index (Phi) is 3.27. The molecular formula is C19H20FN. The SMILES string of the molecule is Fc1ccc2c(c1)CCC2NC1CCCc2ccccc21. The van der Waals surface area contributed by atoms with E-state index in [0.29, 0.717) is 12.1 Å². The van der Waals surface area contributed by atoms with Gasteiger partial charge in [0.15, 0.2) is 0 Å². The van der Waals surface area contributed by atoms with E-state index in [2.05, 4.69) is 29.6 Å². The molecular weight excluding hydrogens is 261 g/mol. The van der Waals surface area contributed by atoms with Crippen molar-refractivity contribution in [2.45, 2.75) is 44.2 Å². The van der Waals surface area contributed by atoms with Crippen LogP contribution in [0.2, 0.25) is 0 Å². The van der Waals surface area contributed by atoms with Gasteiger partial charge in [0, 0.05) is 12.1 Å². The maximum atomic E-state index is 13.3. The van der Waals surface area contributed by atoms with Crippen LogP contribution in [0.15, 0.2) is 42.5 Å². The van der Waals surface area contributed by atoms with Crippen LogP contribution in [-0.4, -0.2) is 0 Å². The monoisotopic (exact) mass is 281 g/mol. The Morgan fingerprint density at radius 1 is 0.857 bits per heavy atom. The molecule has 0 fully saturated rings. The summed E-state index contributed by atoms with van der Waals surface area (Å²) in [6, 6.07) is 14.8. The summed E-state index contributed by atoms with van der Waals surface area (Å²) in [6.07, 6.45) is 5.71. The van der Waals surface area contributed by atoms with Crippen LogP contribution < -0.4 is 5.32 Å². The highest BCUT2D eigenvalue weighted by atomic mass is 19.1. The van der Waals surface area contributed by atoms with Crippen molar-refractivity contribution < 1.29 is 4.39 Å². The molecule has 0 radical (unpaired) electrons. The van der Waals surface area contributed by atoms with Crippen molar-refractivity contribution in [1.29, 1.82) is 0 Å². The second kappa shape index (κ2) is 5.27. The first-order valence-corrected chi connectivity index (χ1v) is 7.93. The highest BCUT2D eigenvalue weighted by Crippen LogP contribution is 2.36. The van der Waals surface area contributed by atoms with Crippen LogP contribution in [0.4, 0.5) is 4.39 Å². The third-order valence-electron chi connectivity index (χ3n) is 4.95. The van der Waals surface area contributed by atoms with Crippen LogP contribution >= 0.6 is 0 Å². The Hall–Kier alpha value is -1.67. The zero-order valence-electron chi connectivity index (χ0n) is 12.1. The number of halogens is 1. The molecule has 0 spiro atoms. The van der Waals surface area contributed by atoms with E-state index in [1.165, 1.54) is 41.5 Å². The van der Waals surface area contributed by atoms with Gasteiger partial charge in [0.1, 0.15) is 5.82 Å². The number of hydrogen-bond acceptors (Lipinski definition) is 1. The van der Waals surface area contributed by atoms with E-state index in [4.69, 9.17) is 0 Å². The highest BCUT2D eigenvalue weighted by molar-refractivity contribution is 5.37. The fraction of sp³-hybridized carbons (Fsp3) is 0.368. The molecule has 4 rings (SSSR count). The van der Waals surface area contributed by atoms with E-state index in [0.717, 1.165) is 12.8 Å². The molecule has 2 aromatic carbocycles. The molecule has 2 aliphatic rings. The normalized spacial score (nSPS) is 23.7. The smallest absolute Gasteiger partial charge is 0.123 e. The quantitative estimate of drug-likeness (QED) is 0.855. The Morgan fingerprint density at radius 2 is 1.67 bits per heavy atom. The van der Waals surface area contributed by atoms with E-state index in [1.54, 1.807) is 12.1 Å². The van der Waals surface area contributed by atoms with E-state index in [-0.39, 0.29) is 5.82 Å². The van der Waals surface area contributed by atoms with Crippen molar-refractivity contribution in [2.75, 3.05) is 0 Å². The Balaban J connectivity index is 1.59. The molecule has 0 bridgehead atoms. The zero-order valence-corrected chi connectivity index (χ0v) is 12.1. The van der Waals surface area contributed by atoms with Crippen molar-refractivity contribution in [2.24, 2.45) is 0 Å². The molecule has 2 aromatic rings. The second-order valence-electron chi connectivity index (χ2n) is 6.24. The van der Waals surface area contributed by atoms with E-state index in [9.17, 15) is 4.39 Å². The third kappa shape index (κ3) is 2.38. The second-order valence-corrected chi connectivity index (χ2v) is 6.24. The van der Waals surface area contributed by atoms with Gasteiger partial charge < -0.3 is 5.32 Å². The van der Waals surface area contributed by atoms with Gasteiger partial charge in [-0.2, -0.15) is 0 Å². The molecule has 2 aliphatic carbocycles. The minimum Gasteiger partial charge on any atom is -0.303 e. The standard InChI is InChI=1S/C19H20FN/c20-15-9-10-17-14(12-15)8-11-19(17)21-18-7-3-5-13-4-1-2-6-16(13)18/h1-2,4,6,9-10,12,18-19,21H,3,5,7-8,11H2. The molecule has 0 saturated heterocycles. The van der Waals surface area contributed by atoms with Crippen molar-refractivity contribution in [3.8, 4) is 0 Å². The lowest BCUT2D eigenvalue weighted by molar-refractivity contribution is 0.398. The number of rotatable bonds is 2. The van der Waals surface area contributed by atoms with Crippen LogP contribution in [0.25, 0.3) is 0 Å². The highest BCUT2D eigenvalue weighted by Gasteiger charge is 2.27. The summed E-state index contributed by atoms with van der Waals surface area (Å²) < 4.78 is 13.3. The summed E-state index contributed by atoms with van der Waals surface area (Å²) in [5.41, 5.74) is 5.41. The van der Waals surface area contributed by atoms with Gasteiger partial charge in [-0.25, -0.2) is 4.39 Å². The van der Waals surface area contributed by atoms with Gasteiger partial charge in [0.25, 0.3) is 0 Å². The molecule has 108 valence electrons. The lowest BCUT2D eigenvalue weighted by Crippen LogP contribution is -2.28. The predicted octanol–water partition coefficient (Wildman–Crippen LogP) is 4.48. The average Bonchev–Trinajstić information content (AvgIpc) is 2.90. The lowest BCUT2D eigenvalue weighted by atomic mass is 9.87. The Morgan fingerprint density at radius 3 is 2.62 bits per heavy atom. The first-order chi connectivity index (χ1) is 10.3. The van der Waals surface area contributed by atoms with Gasteiger partial charge >= 0.3 is 0 Å². The minimum absolute atomic E-state index is 0.114. The number of nitrogens with one attached hydrogen (secondary N) is 1. The fourth-order valence-corrected chi connectivity index (χ4v) is 3.93. The van der Waals surface area contributed by atoms with Gasteiger partial charge in [-0.1, -0.05) is 30.3 Å². The van der Waals surface area contributed by atoms with Crippen LogP contribution in [-0.2, 0) is 12.8 Å². The molecule has 2 unspecified atom stereocenters. The molecule has 2 atom stereocenters. The van der Waals surface area contributed by atoms with Crippen molar-refractivity contribution in [3.63, 3.8) is 0 Å². The zero-order chi connectivity index (χ0) is 14.2. The van der Waals surface area contributed by atoms with Crippen LogP contribution in [0.5, 0.6) is 0 Å². The molecule has 1 nitrogen and oxygen atoms in total. The van der Waals surface area contributed by atoms with Gasteiger partial charge in [-0.3, -0.25) is 0 Å². The summed E-state index contributed by atoms with van der Waals surface area (Å²) in [4.78, 5) is 0. The number of hydrogen-bond donors (Lipinski definition) is 1. The topological polar surface area (TPSA) is 12.0 Å². The van der Waals surface area contributed by atoms with E-state index >= 15 is 0 Å². The molecule has 1 N–H and O–H groups in total. The fourth-order valence-electron chi connectivity index (χ4n) is 3.93. The maximum absolute atomic E-state index is 13.3. The third-order valence-corrected chi connectivity index (χ3v) is 4.95. The van der Waals surface area contributed by atoms with Gasteiger partial charge in [0.05, 0.1) is 0 Å². The molecule has 0 saturated carbocycles. The van der Waals surface area contributed by atoms with Gasteiger partial charge in [-0.15, -0.1) is 0 Å². The predicted molar refractivity (Wildman–Crippen MR) is 82.7 cm³/mol. The molecule has 0 heterocycles. The average molecular weight is 281 g/mol. The lowest BCUT2D eigenvalue weighted by Gasteiger charge is -2.29. The molecule has 0 aromatic heterocycles. The Bertz CT molecular complexity index is 664. The number of benzene rings is 2. The molecule has 0 aliphatic heterocycles. The molecule has 0 amide bonds. The molecule has 21 heavy (non-hydrogen) atoms. The Labute approximate surface area is 125 Å². The summed E-state index contributed by atoms with van der Waals surface area (Å²) >= 11 is 0. The van der Waals surface area contributed by atoms with Crippen molar-refractivity contribution in [3.05, 3.63) is 70.5 Å². The summed E-state index contributed by atoms with van der Waals surface area (Å²) in [7, 11) is 0. The summed E-state index contributed by atoms with van der Waals surface area (Å²) in [5.74, 6) is -0.114. The molecule has 2 heteroatoms. The van der Waals surface area contributed by atoms with Crippen LogP contribution in [0.3, 0.4) is 0 Å². The minimum atomic E-state index is -0.114. The first-order valence-electron chi connectivity index (χ1n) is 7.93. The van der Waals surface area contributed by atoms with E-state index in [1.807, 2.05) is 6.07 Å². The largest absolute Gasteiger partial charge is 0.303 e. The van der Waals surface area contributed by atoms with Crippen molar-refractivity contribution >= 4 is 0 Å². The first kappa shape index (κ1) is 13.0. The summed E-state index contributed by atoms with van der Waals surface area (Å²) in [6.45, 7) is 0. The number of fused-ring (bicyclic) bond motifs is 2. The van der Waals surface area contributed by atoms with Crippen LogP contribution in [0, 0.1) is 5.82 Å². The van der Waals surface area contributed by atoms with Gasteiger partial charge in [0.2, 0.25) is 0 Å².